The molecule has 86 valence electrons. The zero-order valence-electron chi connectivity index (χ0n) is 9.71. The van der Waals surface area contributed by atoms with Crippen LogP contribution < -0.4 is 5.32 Å². The van der Waals surface area contributed by atoms with Crippen molar-refractivity contribution in [3.8, 4) is 0 Å². The van der Waals surface area contributed by atoms with Gasteiger partial charge >= 0.3 is 0 Å². The molecule has 0 radical (unpaired) electrons. The molecular formula is C12H17N3S. The molecule has 3 nitrogen and oxygen atoms in total. The van der Waals surface area contributed by atoms with E-state index in [9.17, 15) is 0 Å². The van der Waals surface area contributed by atoms with Crippen LogP contribution in [0.3, 0.4) is 0 Å². The van der Waals surface area contributed by atoms with Crippen LogP contribution in [0.1, 0.15) is 28.6 Å². The lowest BCUT2D eigenvalue weighted by Gasteiger charge is -2.04. The second-order valence-corrected chi connectivity index (χ2v) is 4.85. The van der Waals surface area contributed by atoms with E-state index in [1.807, 2.05) is 24.5 Å². The van der Waals surface area contributed by atoms with Crippen LogP contribution in [-0.2, 0) is 19.5 Å². The first-order valence-electron chi connectivity index (χ1n) is 5.56. The molecule has 0 unspecified atom stereocenters. The van der Waals surface area contributed by atoms with E-state index in [4.69, 9.17) is 0 Å². The Labute approximate surface area is 99.9 Å². The number of hydrogen-bond acceptors (Lipinski definition) is 3. The molecule has 0 saturated carbocycles. The van der Waals surface area contributed by atoms with Crippen LogP contribution in [0.2, 0.25) is 0 Å². The first-order valence-corrected chi connectivity index (χ1v) is 6.44. The average molecular weight is 235 g/mol. The van der Waals surface area contributed by atoms with Crippen molar-refractivity contribution in [2.24, 2.45) is 0 Å². The Kier molecular flexibility index (Phi) is 3.74. The van der Waals surface area contributed by atoms with Crippen LogP contribution in [0.15, 0.2) is 17.6 Å². The molecule has 0 saturated heterocycles. The first-order chi connectivity index (χ1) is 7.81. The topological polar surface area (TPSA) is 40.7 Å². The zero-order valence-corrected chi connectivity index (χ0v) is 10.5. The number of rotatable bonds is 5. The highest BCUT2D eigenvalue weighted by atomic mass is 32.1. The number of aromatic amines is 1. The van der Waals surface area contributed by atoms with E-state index in [-0.39, 0.29) is 0 Å². The van der Waals surface area contributed by atoms with Crippen molar-refractivity contribution in [3.05, 3.63) is 39.3 Å². The van der Waals surface area contributed by atoms with E-state index in [1.165, 1.54) is 16.0 Å². The highest BCUT2D eigenvalue weighted by Gasteiger charge is 2.03. The molecule has 2 heterocycles. The molecule has 0 aliphatic heterocycles. The first kappa shape index (κ1) is 11.4. The third-order valence-corrected chi connectivity index (χ3v) is 3.72. The van der Waals surface area contributed by atoms with E-state index in [2.05, 4.69) is 33.9 Å². The van der Waals surface area contributed by atoms with Gasteiger partial charge in [-0.25, -0.2) is 0 Å². The summed E-state index contributed by atoms with van der Waals surface area (Å²) in [5, 5.41) is 12.6. The predicted molar refractivity (Wildman–Crippen MR) is 67.6 cm³/mol. The maximum absolute atomic E-state index is 4.01. The summed E-state index contributed by atoms with van der Waals surface area (Å²) in [5.41, 5.74) is 3.85. The fourth-order valence-electron chi connectivity index (χ4n) is 1.70. The van der Waals surface area contributed by atoms with Crippen LogP contribution in [0.5, 0.6) is 0 Å². The third-order valence-electron chi connectivity index (χ3n) is 2.75. The average Bonchev–Trinajstić information content (AvgIpc) is 2.88. The van der Waals surface area contributed by atoms with Crippen molar-refractivity contribution < 1.29 is 0 Å². The second kappa shape index (κ2) is 5.27. The van der Waals surface area contributed by atoms with Gasteiger partial charge in [0, 0.05) is 29.2 Å². The maximum Gasteiger partial charge on any atom is 0.0535 e. The van der Waals surface area contributed by atoms with Gasteiger partial charge in [0.15, 0.2) is 0 Å². The molecule has 2 aromatic rings. The SMILES string of the molecule is CCc1ccsc1CNCc1cn[nH]c1C. The van der Waals surface area contributed by atoms with Gasteiger partial charge in [-0.1, -0.05) is 6.92 Å². The van der Waals surface area contributed by atoms with E-state index < -0.39 is 0 Å². The van der Waals surface area contributed by atoms with Gasteiger partial charge in [0.25, 0.3) is 0 Å². The summed E-state index contributed by atoms with van der Waals surface area (Å²) in [6, 6.07) is 2.21. The molecule has 2 aromatic heterocycles. The maximum atomic E-state index is 4.01. The Morgan fingerprint density at radius 3 is 2.94 bits per heavy atom. The van der Waals surface area contributed by atoms with Crippen LogP contribution in [-0.4, -0.2) is 10.2 Å². The van der Waals surface area contributed by atoms with Gasteiger partial charge in [-0.15, -0.1) is 11.3 Å². The summed E-state index contributed by atoms with van der Waals surface area (Å²) in [7, 11) is 0. The molecular weight excluding hydrogens is 218 g/mol. The predicted octanol–water partition coefficient (Wildman–Crippen LogP) is 2.63. The zero-order chi connectivity index (χ0) is 11.4. The van der Waals surface area contributed by atoms with Crippen molar-refractivity contribution >= 4 is 11.3 Å². The summed E-state index contributed by atoms with van der Waals surface area (Å²) in [5.74, 6) is 0. The van der Waals surface area contributed by atoms with Crippen molar-refractivity contribution in [1.82, 2.24) is 15.5 Å². The van der Waals surface area contributed by atoms with Gasteiger partial charge in [0.1, 0.15) is 0 Å². The molecule has 0 bridgehead atoms. The van der Waals surface area contributed by atoms with E-state index in [1.54, 1.807) is 0 Å². The van der Waals surface area contributed by atoms with E-state index >= 15 is 0 Å². The lowest BCUT2D eigenvalue weighted by Crippen LogP contribution is -2.12. The van der Waals surface area contributed by atoms with Crippen LogP contribution in [0.25, 0.3) is 0 Å². The Bertz CT molecular complexity index is 445. The fraction of sp³-hybridized carbons (Fsp3) is 0.417. The van der Waals surface area contributed by atoms with Crippen molar-refractivity contribution in [2.75, 3.05) is 0 Å². The van der Waals surface area contributed by atoms with Crippen LogP contribution >= 0.6 is 11.3 Å². The summed E-state index contributed by atoms with van der Waals surface area (Å²) in [6.45, 7) is 6.08. The standard InChI is InChI=1S/C12H17N3S/c1-3-10-4-5-16-12(10)8-13-6-11-7-14-15-9(11)2/h4-5,7,13H,3,6,8H2,1-2H3,(H,14,15). The Balaban J connectivity index is 1.87. The minimum absolute atomic E-state index is 0.878. The minimum Gasteiger partial charge on any atom is -0.308 e. The van der Waals surface area contributed by atoms with Gasteiger partial charge in [-0.05, 0) is 30.4 Å². The van der Waals surface area contributed by atoms with Crippen LogP contribution in [0.4, 0.5) is 0 Å². The number of aryl methyl sites for hydroxylation is 2. The molecule has 4 heteroatoms. The van der Waals surface area contributed by atoms with E-state index in [0.717, 1.165) is 25.2 Å². The monoisotopic (exact) mass is 235 g/mol. The molecule has 2 N–H and O–H groups in total. The van der Waals surface area contributed by atoms with Gasteiger partial charge in [0.05, 0.1) is 6.20 Å². The van der Waals surface area contributed by atoms with Crippen molar-refractivity contribution in [3.63, 3.8) is 0 Å². The number of nitrogens with zero attached hydrogens (tertiary/aromatic N) is 1. The summed E-state index contributed by atoms with van der Waals surface area (Å²) >= 11 is 1.83. The lowest BCUT2D eigenvalue weighted by atomic mass is 10.2. The number of H-pyrrole nitrogens is 1. The largest absolute Gasteiger partial charge is 0.308 e. The van der Waals surface area contributed by atoms with Gasteiger partial charge in [-0.2, -0.15) is 5.10 Å². The highest BCUT2D eigenvalue weighted by Crippen LogP contribution is 2.17. The molecule has 0 spiro atoms. The fourth-order valence-corrected chi connectivity index (χ4v) is 2.65. The molecule has 0 aromatic carbocycles. The summed E-state index contributed by atoms with van der Waals surface area (Å²) in [6.07, 6.45) is 3.00. The number of hydrogen-bond donors (Lipinski definition) is 2. The Morgan fingerprint density at radius 1 is 1.38 bits per heavy atom. The highest BCUT2D eigenvalue weighted by molar-refractivity contribution is 7.10. The summed E-state index contributed by atoms with van der Waals surface area (Å²) < 4.78 is 0. The number of nitrogens with one attached hydrogen (secondary N) is 2. The molecule has 0 fully saturated rings. The Hall–Kier alpha value is -1.13. The van der Waals surface area contributed by atoms with Crippen molar-refractivity contribution in [2.45, 2.75) is 33.4 Å². The number of aromatic nitrogens is 2. The normalized spacial score (nSPS) is 10.9. The van der Waals surface area contributed by atoms with Crippen LogP contribution in [0, 0.1) is 6.92 Å². The second-order valence-electron chi connectivity index (χ2n) is 3.85. The molecule has 16 heavy (non-hydrogen) atoms. The van der Waals surface area contributed by atoms with Gasteiger partial charge in [0.2, 0.25) is 0 Å². The van der Waals surface area contributed by atoms with E-state index in [0.29, 0.717) is 0 Å². The quantitative estimate of drug-likeness (QED) is 0.836. The van der Waals surface area contributed by atoms with Gasteiger partial charge in [-0.3, -0.25) is 5.10 Å². The molecule has 0 amide bonds. The summed E-state index contributed by atoms with van der Waals surface area (Å²) in [4.78, 5) is 1.45. The lowest BCUT2D eigenvalue weighted by molar-refractivity contribution is 0.694. The molecule has 2 rings (SSSR count). The van der Waals surface area contributed by atoms with Gasteiger partial charge < -0.3 is 5.32 Å². The third kappa shape index (κ3) is 2.51. The minimum atomic E-state index is 0.878. The smallest absolute Gasteiger partial charge is 0.0535 e. The molecule has 0 aliphatic rings. The Morgan fingerprint density at radius 2 is 2.25 bits per heavy atom. The molecule has 0 aliphatic carbocycles. The number of thiophene rings is 1. The van der Waals surface area contributed by atoms with Crippen molar-refractivity contribution in [1.29, 1.82) is 0 Å². The molecule has 0 atom stereocenters.